The van der Waals surface area contributed by atoms with Crippen LogP contribution in [0.25, 0.3) is 0 Å². The van der Waals surface area contributed by atoms with E-state index in [9.17, 15) is 4.79 Å². The second-order valence-corrected chi connectivity index (χ2v) is 8.32. The van der Waals surface area contributed by atoms with Crippen molar-refractivity contribution in [2.24, 2.45) is 5.92 Å². The summed E-state index contributed by atoms with van der Waals surface area (Å²) in [5, 5.41) is 0. The summed E-state index contributed by atoms with van der Waals surface area (Å²) in [6, 6.07) is 19.4. The molecule has 2 aromatic rings. The Bertz CT molecular complexity index is 765. The number of hydrogen-bond acceptors (Lipinski definition) is 1. The van der Waals surface area contributed by atoms with E-state index in [4.69, 9.17) is 0 Å². The Morgan fingerprint density at radius 1 is 1.04 bits per heavy atom. The number of benzene rings is 2. The normalized spacial score (nSPS) is 23.5. The highest BCUT2D eigenvalue weighted by Crippen LogP contribution is 2.22. The van der Waals surface area contributed by atoms with Gasteiger partial charge in [-0.15, -0.1) is 0 Å². The summed E-state index contributed by atoms with van der Waals surface area (Å²) in [6.07, 6.45) is 3.07. The quantitative estimate of drug-likeness (QED) is 0.888. The second-order valence-electron chi connectivity index (χ2n) is 8.32. The van der Waals surface area contributed by atoms with E-state index in [0.717, 1.165) is 45.4 Å². The zero-order valence-electron chi connectivity index (χ0n) is 16.4. The van der Waals surface area contributed by atoms with Gasteiger partial charge >= 0.3 is 0 Å². The van der Waals surface area contributed by atoms with Crippen LogP contribution >= 0.6 is 0 Å². The van der Waals surface area contributed by atoms with Crippen molar-refractivity contribution in [3.63, 3.8) is 0 Å². The Kier molecular flexibility index (Phi) is 5.58. The summed E-state index contributed by atoms with van der Waals surface area (Å²) in [4.78, 5) is 16.8. The zero-order chi connectivity index (χ0) is 18.6. The highest BCUT2D eigenvalue weighted by atomic mass is 16.2. The fourth-order valence-electron chi connectivity index (χ4n) is 4.75. The maximum atomic E-state index is 13.0. The van der Waals surface area contributed by atoms with Crippen LogP contribution in [0.4, 0.5) is 0 Å². The molecule has 1 fully saturated rings. The molecule has 2 heterocycles. The first-order valence-electron chi connectivity index (χ1n) is 10.4. The number of quaternary nitrogens is 1. The summed E-state index contributed by atoms with van der Waals surface area (Å²) >= 11 is 0. The van der Waals surface area contributed by atoms with Crippen LogP contribution < -0.4 is 4.90 Å². The molecule has 0 radical (unpaired) electrons. The molecule has 1 saturated heterocycles. The van der Waals surface area contributed by atoms with E-state index in [-0.39, 0.29) is 5.92 Å². The first-order chi connectivity index (χ1) is 13.2. The van der Waals surface area contributed by atoms with Crippen molar-refractivity contribution in [1.82, 2.24) is 4.90 Å². The third-order valence-corrected chi connectivity index (χ3v) is 6.45. The van der Waals surface area contributed by atoms with Crippen LogP contribution in [0.2, 0.25) is 0 Å². The van der Waals surface area contributed by atoms with E-state index < -0.39 is 0 Å². The maximum absolute atomic E-state index is 13.0. The van der Waals surface area contributed by atoms with E-state index in [2.05, 4.69) is 66.4 Å². The predicted molar refractivity (Wildman–Crippen MR) is 109 cm³/mol. The van der Waals surface area contributed by atoms with Crippen molar-refractivity contribution in [2.45, 2.75) is 38.6 Å². The van der Waals surface area contributed by atoms with E-state index >= 15 is 0 Å². The minimum Gasteiger partial charge on any atom is -0.338 e. The standard InChI is InChI=1S/C24H30N2O/c1-19(20-7-3-2-4-8-20)17-25-14-11-22(12-15-25)24(27)26-16-13-21-9-5-6-10-23(21)18-26/h2-10,19,22H,11-18H2,1H3/p+1/t19-/m0/s1. The maximum Gasteiger partial charge on any atom is 0.226 e. The average molecular weight is 364 g/mol. The van der Waals surface area contributed by atoms with Gasteiger partial charge in [0.05, 0.1) is 19.6 Å². The molecule has 3 heteroatoms. The summed E-state index contributed by atoms with van der Waals surface area (Å²) < 4.78 is 0. The number of likely N-dealkylation sites (tertiary alicyclic amines) is 1. The molecule has 0 spiro atoms. The molecule has 27 heavy (non-hydrogen) atoms. The highest BCUT2D eigenvalue weighted by molar-refractivity contribution is 5.79. The van der Waals surface area contributed by atoms with Gasteiger partial charge in [0.1, 0.15) is 0 Å². The molecule has 0 saturated carbocycles. The van der Waals surface area contributed by atoms with E-state index in [1.165, 1.54) is 23.2 Å². The second kappa shape index (κ2) is 8.26. The molecule has 0 unspecified atom stereocenters. The fourth-order valence-corrected chi connectivity index (χ4v) is 4.75. The molecule has 2 aliphatic heterocycles. The van der Waals surface area contributed by atoms with Gasteiger partial charge in [-0.2, -0.15) is 0 Å². The SMILES string of the molecule is C[C@@H](C[NH+]1CCC(C(=O)N2CCc3ccccc3C2)CC1)c1ccccc1. The number of piperidine rings is 1. The summed E-state index contributed by atoms with van der Waals surface area (Å²) in [6.45, 7) is 7.42. The largest absolute Gasteiger partial charge is 0.338 e. The molecule has 0 bridgehead atoms. The molecule has 1 N–H and O–H groups in total. The smallest absolute Gasteiger partial charge is 0.226 e. The van der Waals surface area contributed by atoms with Gasteiger partial charge in [0, 0.05) is 37.8 Å². The van der Waals surface area contributed by atoms with Crippen LogP contribution in [0.5, 0.6) is 0 Å². The first kappa shape index (κ1) is 18.2. The summed E-state index contributed by atoms with van der Waals surface area (Å²) in [5.41, 5.74) is 4.17. The molecule has 142 valence electrons. The molecule has 2 aliphatic rings. The summed E-state index contributed by atoms with van der Waals surface area (Å²) in [7, 11) is 0. The molecular formula is C24H31N2O+. The van der Waals surface area contributed by atoms with Crippen LogP contribution in [0.1, 0.15) is 42.4 Å². The molecule has 3 nitrogen and oxygen atoms in total. The molecule has 4 rings (SSSR count). The Morgan fingerprint density at radius 3 is 2.44 bits per heavy atom. The van der Waals surface area contributed by atoms with E-state index in [1.54, 1.807) is 4.90 Å². The zero-order valence-corrected chi connectivity index (χ0v) is 16.4. The third-order valence-electron chi connectivity index (χ3n) is 6.45. The highest BCUT2D eigenvalue weighted by Gasteiger charge is 2.32. The fraction of sp³-hybridized carbons (Fsp3) is 0.458. The average Bonchev–Trinajstić information content (AvgIpc) is 2.74. The van der Waals surface area contributed by atoms with Crippen LogP contribution in [-0.4, -0.2) is 37.0 Å². The van der Waals surface area contributed by atoms with E-state index in [1.807, 2.05) is 0 Å². The van der Waals surface area contributed by atoms with Crippen molar-refractivity contribution in [3.05, 3.63) is 71.3 Å². The Labute approximate surface area is 163 Å². The molecular weight excluding hydrogens is 332 g/mol. The van der Waals surface area contributed by atoms with Crippen molar-refractivity contribution < 1.29 is 9.69 Å². The minimum absolute atomic E-state index is 0.228. The predicted octanol–water partition coefficient (Wildman–Crippen LogP) is 2.67. The number of amides is 1. The van der Waals surface area contributed by atoms with Gasteiger partial charge in [0.2, 0.25) is 5.91 Å². The van der Waals surface area contributed by atoms with Gasteiger partial charge in [0.25, 0.3) is 0 Å². The number of nitrogens with zero attached hydrogens (tertiary/aromatic N) is 1. The van der Waals surface area contributed by atoms with Crippen molar-refractivity contribution in [2.75, 3.05) is 26.2 Å². The van der Waals surface area contributed by atoms with Crippen LogP contribution in [0.3, 0.4) is 0 Å². The number of carbonyl (C=O) groups is 1. The molecule has 2 aromatic carbocycles. The Morgan fingerprint density at radius 2 is 1.70 bits per heavy atom. The lowest BCUT2D eigenvalue weighted by Crippen LogP contribution is -3.13. The minimum atomic E-state index is 0.228. The van der Waals surface area contributed by atoms with Crippen molar-refractivity contribution >= 4 is 5.91 Å². The third kappa shape index (κ3) is 4.24. The van der Waals surface area contributed by atoms with Crippen LogP contribution in [0, 0.1) is 5.92 Å². The number of carbonyl (C=O) groups excluding carboxylic acids is 1. The van der Waals surface area contributed by atoms with E-state index in [0.29, 0.717) is 11.8 Å². The monoisotopic (exact) mass is 363 g/mol. The summed E-state index contributed by atoms with van der Waals surface area (Å²) in [5.74, 6) is 1.19. The van der Waals surface area contributed by atoms with Crippen LogP contribution in [-0.2, 0) is 17.8 Å². The van der Waals surface area contributed by atoms with Gasteiger partial charge in [-0.05, 0) is 23.1 Å². The first-order valence-corrected chi connectivity index (χ1v) is 10.4. The van der Waals surface area contributed by atoms with Gasteiger partial charge in [-0.3, -0.25) is 4.79 Å². The number of rotatable bonds is 4. The van der Waals surface area contributed by atoms with Gasteiger partial charge in [0.15, 0.2) is 0 Å². The van der Waals surface area contributed by atoms with Gasteiger partial charge < -0.3 is 9.80 Å². The van der Waals surface area contributed by atoms with Gasteiger partial charge in [-0.25, -0.2) is 0 Å². The molecule has 0 aliphatic carbocycles. The van der Waals surface area contributed by atoms with Gasteiger partial charge in [-0.1, -0.05) is 61.5 Å². The van der Waals surface area contributed by atoms with Crippen molar-refractivity contribution in [3.8, 4) is 0 Å². The molecule has 1 amide bonds. The number of hydrogen-bond donors (Lipinski definition) is 1. The molecule has 1 atom stereocenters. The lowest BCUT2D eigenvalue weighted by molar-refractivity contribution is -0.907. The lowest BCUT2D eigenvalue weighted by Gasteiger charge is -2.35. The Balaban J connectivity index is 1.28. The topological polar surface area (TPSA) is 24.8 Å². The number of nitrogens with one attached hydrogen (secondary N) is 1. The number of fused-ring (bicyclic) bond motifs is 1. The van der Waals surface area contributed by atoms with Crippen molar-refractivity contribution in [1.29, 1.82) is 0 Å². The molecule has 0 aromatic heterocycles. The Hall–Kier alpha value is -2.13. The lowest BCUT2D eigenvalue weighted by atomic mass is 9.92. The van der Waals surface area contributed by atoms with Crippen LogP contribution in [0.15, 0.2) is 54.6 Å².